The Labute approximate surface area is 142 Å². The van der Waals surface area contributed by atoms with Crippen LogP contribution in [0.2, 0.25) is 0 Å². The van der Waals surface area contributed by atoms with Gasteiger partial charge in [-0.25, -0.2) is 0 Å². The third-order valence-corrected chi connectivity index (χ3v) is 4.76. The van der Waals surface area contributed by atoms with Crippen molar-refractivity contribution in [1.29, 1.82) is 0 Å². The summed E-state index contributed by atoms with van der Waals surface area (Å²) in [5.41, 5.74) is 2.09. The van der Waals surface area contributed by atoms with Crippen LogP contribution in [0.3, 0.4) is 0 Å². The molecule has 2 heterocycles. The fourth-order valence-corrected chi connectivity index (χ4v) is 3.34. The predicted molar refractivity (Wildman–Crippen MR) is 92.8 cm³/mol. The van der Waals surface area contributed by atoms with Crippen LogP contribution in [0.1, 0.15) is 12.0 Å². The molecular weight excluding hydrogens is 330 g/mol. The number of amides is 1. The van der Waals surface area contributed by atoms with Crippen LogP contribution in [0.25, 0.3) is 11.5 Å². The second-order valence-electron chi connectivity index (χ2n) is 4.88. The Hall–Kier alpha value is -2.12. The highest BCUT2D eigenvalue weighted by Gasteiger charge is 2.11. The zero-order chi connectivity index (χ0) is 16.1. The Morgan fingerprint density at radius 2 is 2.09 bits per heavy atom. The first-order chi connectivity index (χ1) is 11.2. The summed E-state index contributed by atoms with van der Waals surface area (Å²) < 4.78 is 5.42. The number of anilines is 1. The number of thiophene rings is 1. The highest BCUT2D eigenvalue weighted by molar-refractivity contribution is 7.99. The van der Waals surface area contributed by atoms with Gasteiger partial charge in [0, 0.05) is 28.0 Å². The molecule has 0 saturated carbocycles. The molecule has 0 atom stereocenters. The number of aromatic nitrogens is 2. The maximum absolute atomic E-state index is 11.9. The van der Waals surface area contributed by atoms with Gasteiger partial charge >= 0.3 is 6.01 Å². The molecule has 7 heteroatoms. The fraction of sp³-hybridized carbons (Fsp3) is 0.188. The fourth-order valence-electron chi connectivity index (χ4n) is 1.85. The van der Waals surface area contributed by atoms with Crippen molar-refractivity contribution in [2.24, 2.45) is 0 Å². The van der Waals surface area contributed by atoms with Gasteiger partial charge in [-0.3, -0.25) is 10.1 Å². The number of hydrogen-bond donors (Lipinski definition) is 1. The second kappa shape index (κ2) is 7.43. The van der Waals surface area contributed by atoms with Gasteiger partial charge in [0.2, 0.25) is 5.91 Å². The Balaban J connectivity index is 1.47. The van der Waals surface area contributed by atoms with Gasteiger partial charge in [0.15, 0.2) is 0 Å². The Morgan fingerprint density at radius 1 is 1.26 bits per heavy atom. The third kappa shape index (κ3) is 4.43. The van der Waals surface area contributed by atoms with E-state index in [4.69, 9.17) is 4.42 Å². The molecule has 1 amide bonds. The van der Waals surface area contributed by atoms with Crippen molar-refractivity contribution in [3.05, 3.63) is 46.7 Å². The van der Waals surface area contributed by atoms with Gasteiger partial charge in [-0.05, 0) is 30.5 Å². The minimum atomic E-state index is -0.134. The topological polar surface area (TPSA) is 68.0 Å². The monoisotopic (exact) mass is 345 g/mol. The molecule has 0 aliphatic carbocycles. The molecule has 3 rings (SSSR count). The zero-order valence-corrected chi connectivity index (χ0v) is 14.1. The number of hydrogen-bond acceptors (Lipinski definition) is 6. The molecule has 0 aliphatic rings. The first-order valence-electron chi connectivity index (χ1n) is 7.06. The number of nitrogens with one attached hydrogen (secondary N) is 1. The number of rotatable bonds is 6. The molecular formula is C16H15N3O2S2. The molecule has 0 spiro atoms. The maximum atomic E-state index is 11.9. The Bertz CT molecular complexity index is 767. The van der Waals surface area contributed by atoms with E-state index in [-0.39, 0.29) is 11.9 Å². The van der Waals surface area contributed by atoms with Crippen LogP contribution < -0.4 is 5.32 Å². The van der Waals surface area contributed by atoms with Crippen molar-refractivity contribution in [1.82, 2.24) is 10.2 Å². The molecule has 0 saturated heterocycles. The number of carbonyl (C=O) groups excluding carboxylic acids is 1. The van der Waals surface area contributed by atoms with E-state index in [0.717, 1.165) is 10.5 Å². The molecule has 5 nitrogen and oxygen atoms in total. The quantitative estimate of drug-likeness (QED) is 0.677. The van der Waals surface area contributed by atoms with E-state index in [9.17, 15) is 4.79 Å². The molecule has 0 fully saturated rings. The molecule has 0 unspecified atom stereocenters. The van der Waals surface area contributed by atoms with E-state index in [1.165, 1.54) is 5.56 Å². The highest BCUT2D eigenvalue weighted by Crippen LogP contribution is 2.22. The van der Waals surface area contributed by atoms with Crippen molar-refractivity contribution >= 4 is 35.0 Å². The summed E-state index contributed by atoms with van der Waals surface area (Å²) in [6.07, 6.45) is 0.384. The number of aryl methyl sites for hydroxylation is 1. The summed E-state index contributed by atoms with van der Waals surface area (Å²) >= 11 is 3.19. The van der Waals surface area contributed by atoms with Crippen LogP contribution in [0, 0.1) is 6.92 Å². The summed E-state index contributed by atoms with van der Waals surface area (Å²) in [6.45, 7) is 2.05. The van der Waals surface area contributed by atoms with Crippen LogP contribution >= 0.6 is 23.1 Å². The standard InChI is InChI=1S/C16H15N3O2S2/c1-11-2-4-13(5-3-11)23-9-7-14(20)17-16-19-18-15(21-16)12-6-8-22-10-12/h2-6,8,10H,7,9H2,1H3,(H,17,19,20). The zero-order valence-electron chi connectivity index (χ0n) is 12.5. The molecule has 23 heavy (non-hydrogen) atoms. The first-order valence-corrected chi connectivity index (χ1v) is 8.99. The van der Waals surface area contributed by atoms with E-state index in [2.05, 4.69) is 46.7 Å². The average molecular weight is 345 g/mol. The molecule has 118 valence electrons. The number of benzene rings is 1. The van der Waals surface area contributed by atoms with Crippen LogP contribution in [0.5, 0.6) is 0 Å². The van der Waals surface area contributed by atoms with E-state index < -0.39 is 0 Å². The second-order valence-corrected chi connectivity index (χ2v) is 6.83. The van der Waals surface area contributed by atoms with Crippen LogP contribution in [0.15, 0.2) is 50.4 Å². The number of nitrogens with zero attached hydrogens (tertiary/aromatic N) is 2. The number of thioether (sulfide) groups is 1. The van der Waals surface area contributed by atoms with E-state index in [1.54, 1.807) is 23.1 Å². The molecule has 0 bridgehead atoms. The van der Waals surface area contributed by atoms with Gasteiger partial charge in [-0.1, -0.05) is 22.8 Å². The van der Waals surface area contributed by atoms with Crippen molar-refractivity contribution in [3.63, 3.8) is 0 Å². The molecule has 1 N–H and O–H groups in total. The van der Waals surface area contributed by atoms with Crippen molar-refractivity contribution in [2.75, 3.05) is 11.1 Å². The molecule has 0 radical (unpaired) electrons. The van der Waals surface area contributed by atoms with Crippen molar-refractivity contribution in [2.45, 2.75) is 18.2 Å². The summed E-state index contributed by atoms with van der Waals surface area (Å²) in [5.74, 6) is 0.973. The van der Waals surface area contributed by atoms with E-state index in [0.29, 0.717) is 18.1 Å². The maximum Gasteiger partial charge on any atom is 0.322 e. The highest BCUT2D eigenvalue weighted by atomic mass is 32.2. The lowest BCUT2D eigenvalue weighted by Gasteiger charge is -2.02. The van der Waals surface area contributed by atoms with Crippen molar-refractivity contribution < 1.29 is 9.21 Å². The smallest absolute Gasteiger partial charge is 0.322 e. The van der Waals surface area contributed by atoms with Crippen LogP contribution in [-0.4, -0.2) is 21.9 Å². The number of carbonyl (C=O) groups is 1. The van der Waals surface area contributed by atoms with Gasteiger partial charge in [-0.15, -0.1) is 16.9 Å². The summed E-state index contributed by atoms with van der Waals surface area (Å²) in [6, 6.07) is 10.3. The normalized spacial score (nSPS) is 10.7. The summed E-state index contributed by atoms with van der Waals surface area (Å²) in [7, 11) is 0. The van der Waals surface area contributed by atoms with Crippen molar-refractivity contribution in [3.8, 4) is 11.5 Å². The minimum Gasteiger partial charge on any atom is -0.403 e. The molecule has 1 aromatic carbocycles. The Kier molecular flexibility index (Phi) is 5.09. The van der Waals surface area contributed by atoms with Crippen LogP contribution in [-0.2, 0) is 4.79 Å². The third-order valence-electron chi connectivity index (χ3n) is 3.06. The largest absolute Gasteiger partial charge is 0.403 e. The molecule has 2 aromatic heterocycles. The minimum absolute atomic E-state index is 0.134. The van der Waals surface area contributed by atoms with Gasteiger partial charge in [-0.2, -0.15) is 11.3 Å². The lowest BCUT2D eigenvalue weighted by atomic mass is 10.2. The van der Waals surface area contributed by atoms with Gasteiger partial charge < -0.3 is 4.42 Å². The van der Waals surface area contributed by atoms with Gasteiger partial charge in [0.25, 0.3) is 5.89 Å². The van der Waals surface area contributed by atoms with Gasteiger partial charge in [0.05, 0.1) is 0 Å². The summed E-state index contributed by atoms with van der Waals surface area (Å²) in [4.78, 5) is 13.1. The lowest BCUT2D eigenvalue weighted by molar-refractivity contribution is -0.115. The Morgan fingerprint density at radius 3 is 2.83 bits per heavy atom. The molecule has 3 aromatic rings. The van der Waals surface area contributed by atoms with Crippen LogP contribution in [0.4, 0.5) is 6.01 Å². The SMILES string of the molecule is Cc1ccc(SCCC(=O)Nc2nnc(-c3ccsc3)o2)cc1. The molecule has 0 aliphatic heterocycles. The van der Waals surface area contributed by atoms with E-state index in [1.807, 2.05) is 16.8 Å². The first kappa shape index (κ1) is 15.8. The predicted octanol–water partition coefficient (Wildman–Crippen LogP) is 4.23. The van der Waals surface area contributed by atoms with E-state index >= 15 is 0 Å². The average Bonchev–Trinajstić information content (AvgIpc) is 3.20. The summed E-state index contributed by atoms with van der Waals surface area (Å²) in [5, 5.41) is 14.2. The lowest BCUT2D eigenvalue weighted by Crippen LogP contribution is -2.12. The van der Waals surface area contributed by atoms with Gasteiger partial charge in [0.1, 0.15) is 0 Å².